The van der Waals surface area contributed by atoms with E-state index >= 15 is 0 Å². The molecular formula is C26H20Cl2N2O3. The number of amides is 1. The van der Waals surface area contributed by atoms with Crippen molar-refractivity contribution in [2.75, 3.05) is 7.05 Å². The zero-order chi connectivity index (χ0) is 23.7. The van der Waals surface area contributed by atoms with E-state index in [1.165, 1.54) is 0 Å². The number of carbonyl (C=O) groups is 2. The third-order valence-corrected chi connectivity index (χ3v) is 5.83. The first-order chi connectivity index (χ1) is 15.8. The van der Waals surface area contributed by atoms with Gasteiger partial charge in [-0.2, -0.15) is 0 Å². The number of aryl methyl sites for hydroxylation is 1. The first kappa shape index (κ1) is 22.6. The topological polar surface area (TPSA) is 71.3 Å². The Hall–Kier alpha value is -3.54. The second-order valence-electron chi connectivity index (χ2n) is 7.50. The molecule has 0 aliphatic rings. The maximum atomic E-state index is 12.9. The molecule has 0 atom stereocenters. The van der Waals surface area contributed by atoms with Crippen LogP contribution in [0.25, 0.3) is 28.2 Å². The molecule has 3 aromatic carbocycles. The fourth-order valence-corrected chi connectivity index (χ4v) is 4.45. The largest absolute Gasteiger partial charge is 0.478 e. The number of halogens is 2. The van der Waals surface area contributed by atoms with Gasteiger partial charge in [0.1, 0.15) is 0 Å². The molecule has 0 saturated carbocycles. The van der Waals surface area contributed by atoms with Crippen LogP contribution < -0.4 is 5.32 Å². The van der Waals surface area contributed by atoms with Gasteiger partial charge >= 0.3 is 5.97 Å². The average molecular weight is 479 g/mol. The lowest BCUT2D eigenvalue weighted by atomic mass is 10.0. The fraction of sp³-hybridized carbons (Fsp3) is 0.0769. The maximum absolute atomic E-state index is 12.9. The minimum absolute atomic E-state index is 0.0802. The molecule has 0 aliphatic carbocycles. The number of aromatic carboxylic acids is 1. The quantitative estimate of drug-likeness (QED) is 0.344. The van der Waals surface area contributed by atoms with Crippen LogP contribution in [0.2, 0.25) is 10.0 Å². The molecule has 4 rings (SSSR count). The molecule has 0 radical (unpaired) electrons. The molecule has 0 unspecified atom stereocenters. The highest BCUT2D eigenvalue weighted by Crippen LogP contribution is 2.39. The van der Waals surface area contributed by atoms with Gasteiger partial charge in [-0.05, 0) is 48.4 Å². The predicted octanol–water partition coefficient (Wildman–Crippen LogP) is 6.48. The highest BCUT2D eigenvalue weighted by atomic mass is 35.5. The first-order valence-electron chi connectivity index (χ1n) is 10.1. The molecule has 0 saturated heterocycles. The summed E-state index contributed by atoms with van der Waals surface area (Å²) in [6.07, 6.45) is 0. The summed E-state index contributed by atoms with van der Waals surface area (Å²) in [6.45, 7) is 1.79. The third-order valence-electron chi connectivity index (χ3n) is 5.37. The molecule has 166 valence electrons. The van der Waals surface area contributed by atoms with E-state index in [0.29, 0.717) is 43.8 Å². The molecule has 0 aliphatic heterocycles. The highest BCUT2D eigenvalue weighted by Gasteiger charge is 2.27. The standard InChI is InChI=1S/C26H20Cl2N2O3/c1-15-11-19(28)13-22(23(15)25(31)29-2)30-21(16-7-4-3-5-8-16)14-20(26(32)33)24(30)17-9-6-10-18(27)12-17/h3-14H,1-2H3,(H,29,31)(H,32,33). The van der Waals surface area contributed by atoms with E-state index in [1.807, 2.05) is 30.3 Å². The minimum atomic E-state index is -1.10. The van der Waals surface area contributed by atoms with E-state index in [2.05, 4.69) is 5.32 Å². The van der Waals surface area contributed by atoms with Gasteiger partial charge in [-0.1, -0.05) is 65.7 Å². The Kier molecular flexibility index (Phi) is 6.27. The summed E-state index contributed by atoms with van der Waals surface area (Å²) in [5, 5.41) is 13.7. The van der Waals surface area contributed by atoms with Crippen LogP contribution in [0.1, 0.15) is 26.3 Å². The monoisotopic (exact) mass is 478 g/mol. The highest BCUT2D eigenvalue weighted by molar-refractivity contribution is 6.31. The number of rotatable bonds is 5. The summed E-state index contributed by atoms with van der Waals surface area (Å²) in [5.41, 5.74) is 4.01. The number of carboxylic acids is 1. The Labute approximate surface area is 201 Å². The lowest BCUT2D eigenvalue weighted by Crippen LogP contribution is -2.22. The van der Waals surface area contributed by atoms with Crippen LogP contribution in [-0.4, -0.2) is 28.6 Å². The number of carbonyl (C=O) groups excluding carboxylic acids is 1. The van der Waals surface area contributed by atoms with Crippen molar-refractivity contribution in [3.05, 3.63) is 99.5 Å². The molecular weight excluding hydrogens is 459 g/mol. The summed E-state index contributed by atoms with van der Waals surface area (Å²) in [7, 11) is 1.55. The Morgan fingerprint density at radius 2 is 1.58 bits per heavy atom. The maximum Gasteiger partial charge on any atom is 0.337 e. The van der Waals surface area contributed by atoms with E-state index in [1.54, 1.807) is 61.0 Å². The van der Waals surface area contributed by atoms with Crippen LogP contribution in [-0.2, 0) is 0 Å². The van der Waals surface area contributed by atoms with E-state index in [-0.39, 0.29) is 11.5 Å². The molecule has 2 N–H and O–H groups in total. The van der Waals surface area contributed by atoms with Crippen LogP contribution in [0.3, 0.4) is 0 Å². The molecule has 0 spiro atoms. The zero-order valence-corrected chi connectivity index (χ0v) is 19.4. The summed E-state index contributed by atoms with van der Waals surface area (Å²) in [5.74, 6) is -1.40. The molecule has 0 fully saturated rings. The first-order valence-corrected chi connectivity index (χ1v) is 10.9. The summed E-state index contributed by atoms with van der Waals surface area (Å²) >= 11 is 12.7. The van der Waals surface area contributed by atoms with Crippen LogP contribution >= 0.6 is 23.2 Å². The second kappa shape index (κ2) is 9.14. The van der Waals surface area contributed by atoms with Crippen LogP contribution in [0, 0.1) is 6.92 Å². The van der Waals surface area contributed by atoms with Crippen molar-refractivity contribution in [1.82, 2.24) is 9.88 Å². The van der Waals surface area contributed by atoms with Gasteiger partial charge in [-0.3, -0.25) is 4.79 Å². The SMILES string of the molecule is CNC(=O)c1c(C)cc(Cl)cc1-n1c(-c2ccccc2)cc(C(=O)O)c1-c1cccc(Cl)c1. The molecule has 0 bridgehead atoms. The van der Waals surface area contributed by atoms with Gasteiger partial charge in [-0.15, -0.1) is 0 Å². The van der Waals surface area contributed by atoms with Crippen LogP contribution in [0.15, 0.2) is 72.8 Å². The Bertz CT molecular complexity index is 1380. The van der Waals surface area contributed by atoms with Crippen molar-refractivity contribution in [2.45, 2.75) is 6.92 Å². The molecule has 1 amide bonds. The number of nitrogens with one attached hydrogen (secondary N) is 1. The van der Waals surface area contributed by atoms with Gasteiger partial charge < -0.3 is 15.0 Å². The molecule has 1 heterocycles. The van der Waals surface area contributed by atoms with Gasteiger partial charge in [0.05, 0.1) is 28.2 Å². The van der Waals surface area contributed by atoms with Crippen molar-refractivity contribution >= 4 is 35.1 Å². The molecule has 4 aromatic rings. The van der Waals surface area contributed by atoms with Crippen molar-refractivity contribution in [3.63, 3.8) is 0 Å². The zero-order valence-electron chi connectivity index (χ0n) is 17.9. The smallest absolute Gasteiger partial charge is 0.337 e. The summed E-state index contributed by atoms with van der Waals surface area (Å²) in [6, 6.07) is 21.3. The summed E-state index contributed by atoms with van der Waals surface area (Å²) in [4.78, 5) is 25.3. The van der Waals surface area contributed by atoms with Crippen LogP contribution in [0.5, 0.6) is 0 Å². The number of nitrogens with zero attached hydrogens (tertiary/aromatic N) is 1. The van der Waals surface area contributed by atoms with Crippen LogP contribution in [0.4, 0.5) is 0 Å². The lowest BCUT2D eigenvalue weighted by Gasteiger charge is -2.20. The molecule has 5 nitrogen and oxygen atoms in total. The van der Waals surface area contributed by atoms with Gasteiger partial charge in [0, 0.05) is 22.7 Å². The number of hydrogen-bond acceptors (Lipinski definition) is 2. The summed E-state index contributed by atoms with van der Waals surface area (Å²) < 4.78 is 1.77. The van der Waals surface area contributed by atoms with Crippen molar-refractivity contribution < 1.29 is 14.7 Å². The predicted molar refractivity (Wildman–Crippen MR) is 132 cm³/mol. The number of hydrogen-bond donors (Lipinski definition) is 2. The van der Waals surface area contributed by atoms with E-state index < -0.39 is 5.97 Å². The van der Waals surface area contributed by atoms with E-state index in [0.717, 1.165) is 5.56 Å². The van der Waals surface area contributed by atoms with Crippen molar-refractivity contribution in [1.29, 1.82) is 0 Å². The van der Waals surface area contributed by atoms with Gasteiger partial charge in [-0.25, -0.2) is 4.79 Å². The van der Waals surface area contributed by atoms with Gasteiger partial charge in [0.2, 0.25) is 0 Å². The molecule has 7 heteroatoms. The molecule has 1 aromatic heterocycles. The lowest BCUT2D eigenvalue weighted by molar-refractivity contribution is 0.0697. The van der Waals surface area contributed by atoms with E-state index in [9.17, 15) is 14.7 Å². The second-order valence-corrected chi connectivity index (χ2v) is 8.38. The fourth-order valence-electron chi connectivity index (χ4n) is 3.99. The number of carboxylic acid groups (broad SMARTS) is 1. The third kappa shape index (κ3) is 4.25. The number of aromatic nitrogens is 1. The Balaban J connectivity index is 2.21. The molecule has 33 heavy (non-hydrogen) atoms. The van der Waals surface area contributed by atoms with Gasteiger partial charge in [0.15, 0.2) is 0 Å². The van der Waals surface area contributed by atoms with Gasteiger partial charge in [0.25, 0.3) is 5.91 Å². The Morgan fingerprint density at radius 3 is 2.21 bits per heavy atom. The van der Waals surface area contributed by atoms with Crippen molar-refractivity contribution in [3.8, 4) is 28.2 Å². The Morgan fingerprint density at radius 1 is 0.879 bits per heavy atom. The minimum Gasteiger partial charge on any atom is -0.478 e. The number of benzene rings is 3. The van der Waals surface area contributed by atoms with E-state index in [4.69, 9.17) is 23.2 Å². The van der Waals surface area contributed by atoms with Crippen molar-refractivity contribution in [2.24, 2.45) is 0 Å². The average Bonchev–Trinajstić information content (AvgIpc) is 3.19. The normalized spacial score (nSPS) is 10.8.